The average molecular weight is 397 g/mol. The molecule has 2 amide bonds. The van der Waals surface area contributed by atoms with Gasteiger partial charge in [-0.25, -0.2) is 4.90 Å². The number of ether oxygens (including phenoxy) is 1. The maximum atomic E-state index is 13.4. The topological polar surface area (TPSA) is 49.9 Å². The standard InChI is InChI=1S/C22H21ClN2O3/c1-14-13-16(23)7-10-18(14)25-21(26)19(15-5-8-17(28-2)9-6-15)20(22(25)27)24-11-3-4-12-24/h5-10,13H,3-4,11-12H2,1-2H3. The molecule has 5 nitrogen and oxygen atoms in total. The Morgan fingerprint density at radius 2 is 1.64 bits per heavy atom. The highest BCUT2D eigenvalue weighted by molar-refractivity contribution is 6.45. The lowest BCUT2D eigenvalue weighted by atomic mass is 10.0. The van der Waals surface area contributed by atoms with Gasteiger partial charge in [0.1, 0.15) is 11.4 Å². The summed E-state index contributed by atoms with van der Waals surface area (Å²) in [4.78, 5) is 30.1. The molecule has 0 unspecified atom stereocenters. The predicted molar refractivity (Wildman–Crippen MR) is 109 cm³/mol. The molecule has 0 aliphatic carbocycles. The fourth-order valence-electron chi connectivity index (χ4n) is 3.86. The highest BCUT2D eigenvalue weighted by Crippen LogP contribution is 2.38. The fraction of sp³-hybridized carbons (Fsp3) is 0.273. The minimum Gasteiger partial charge on any atom is -0.497 e. The molecule has 6 heteroatoms. The van der Waals surface area contributed by atoms with E-state index in [1.54, 1.807) is 37.4 Å². The van der Waals surface area contributed by atoms with Gasteiger partial charge >= 0.3 is 0 Å². The van der Waals surface area contributed by atoms with Gasteiger partial charge in [0, 0.05) is 18.1 Å². The van der Waals surface area contributed by atoms with Crippen LogP contribution >= 0.6 is 11.6 Å². The molecule has 0 spiro atoms. The number of hydrogen-bond donors (Lipinski definition) is 0. The molecule has 2 aromatic rings. The first-order chi connectivity index (χ1) is 13.5. The molecule has 0 N–H and O–H groups in total. The van der Waals surface area contributed by atoms with Gasteiger partial charge in [0.2, 0.25) is 0 Å². The van der Waals surface area contributed by atoms with Crippen LogP contribution in [0.5, 0.6) is 5.75 Å². The predicted octanol–water partition coefficient (Wildman–Crippen LogP) is 4.04. The van der Waals surface area contributed by atoms with Gasteiger partial charge in [-0.1, -0.05) is 23.7 Å². The number of amides is 2. The number of carbonyl (C=O) groups is 2. The van der Waals surface area contributed by atoms with E-state index in [1.165, 1.54) is 4.90 Å². The van der Waals surface area contributed by atoms with Crippen molar-refractivity contribution in [3.8, 4) is 5.75 Å². The van der Waals surface area contributed by atoms with Crippen molar-refractivity contribution in [2.24, 2.45) is 0 Å². The molecule has 4 rings (SSSR count). The second kappa shape index (κ2) is 7.32. The van der Waals surface area contributed by atoms with E-state index in [9.17, 15) is 9.59 Å². The minimum absolute atomic E-state index is 0.275. The molecule has 28 heavy (non-hydrogen) atoms. The van der Waals surface area contributed by atoms with Crippen LogP contribution in [-0.4, -0.2) is 36.9 Å². The number of halogens is 1. The molecule has 2 aliphatic heterocycles. The highest BCUT2D eigenvalue weighted by Gasteiger charge is 2.43. The lowest BCUT2D eigenvalue weighted by Crippen LogP contribution is -2.35. The Hall–Kier alpha value is -2.79. The van der Waals surface area contributed by atoms with Crippen molar-refractivity contribution in [1.82, 2.24) is 4.90 Å². The van der Waals surface area contributed by atoms with E-state index in [0.717, 1.165) is 37.1 Å². The highest BCUT2D eigenvalue weighted by atomic mass is 35.5. The zero-order valence-electron chi connectivity index (χ0n) is 15.9. The van der Waals surface area contributed by atoms with Crippen molar-refractivity contribution in [3.63, 3.8) is 0 Å². The van der Waals surface area contributed by atoms with Crippen LogP contribution in [0.3, 0.4) is 0 Å². The van der Waals surface area contributed by atoms with Crippen LogP contribution in [0.2, 0.25) is 5.02 Å². The third-order valence-electron chi connectivity index (χ3n) is 5.26. The first-order valence-corrected chi connectivity index (χ1v) is 9.67. The Morgan fingerprint density at radius 3 is 2.25 bits per heavy atom. The van der Waals surface area contributed by atoms with E-state index < -0.39 is 0 Å². The lowest BCUT2D eigenvalue weighted by Gasteiger charge is -2.21. The van der Waals surface area contributed by atoms with Gasteiger partial charge in [0.15, 0.2) is 0 Å². The zero-order valence-corrected chi connectivity index (χ0v) is 16.6. The van der Waals surface area contributed by atoms with Crippen LogP contribution < -0.4 is 9.64 Å². The fourth-order valence-corrected chi connectivity index (χ4v) is 4.09. The number of carbonyl (C=O) groups excluding carboxylic acids is 2. The Morgan fingerprint density at radius 1 is 0.964 bits per heavy atom. The SMILES string of the molecule is COc1ccc(C2=C(N3CCCC3)C(=O)N(c3ccc(Cl)cc3C)C2=O)cc1. The van der Waals surface area contributed by atoms with Crippen LogP contribution in [0, 0.1) is 6.92 Å². The molecule has 0 aromatic heterocycles. The summed E-state index contributed by atoms with van der Waals surface area (Å²) in [6.45, 7) is 3.41. The maximum Gasteiger partial charge on any atom is 0.282 e. The van der Waals surface area contributed by atoms with E-state index in [2.05, 4.69) is 0 Å². The van der Waals surface area contributed by atoms with Gasteiger partial charge in [0.25, 0.3) is 11.8 Å². The van der Waals surface area contributed by atoms with Crippen molar-refractivity contribution in [1.29, 1.82) is 0 Å². The number of methoxy groups -OCH3 is 1. The zero-order chi connectivity index (χ0) is 19.8. The molecule has 2 aliphatic rings. The van der Waals surface area contributed by atoms with Crippen molar-refractivity contribution >= 4 is 34.7 Å². The molecule has 144 valence electrons. The second-order valence-corrected chi connectivity index (χ2v) is 7.46. The molecule has 0 radical (unpaired) electrons. The molecular weight excluding hydrogens is 376 g/mol. The average Bonchev–Trinajstić information content (AvgIpc) is 3.29. The van der Waals surface area contributed by atoms with Gasteiger partial charge in [-0.05, 0) is 61.2 Å². The molecule has 0 atom stereocenters. The Bertz CT molecular complexity index is 976. The van der Waals surface area contributed by atoms with Gasteiger partial charge in [0.05, 0.1) is 18.4 Å². The second-order valence-electron chi connectivity index (χ2n) is 7.02. The monoisotopic (exact) mass is 396 g/mol. The molecule has 1 saturated heterocycles. The van der Waals surface area contributed by atoms with Crippen molar-refractivity contribution in [2.75, 3.05) is 25.1 Å². The first-order valence-electron chi connectivity index (χ1n) is 9.30. The number of imide groups is 1. The number of nitrogens with zero attached hydrogens (tertiary/aromatic N) is 2. The number of rotatable bonds is 4. The maximum absolute atomic E-state index is 13.4. The molecule has 0 bridgehead atoms. The van der Waals surface area contributed by atoms with E-state index in [0.29, 0.717) is 27.7 Å². The molecular formula is C22H21ClN2O3. The lowest BCUT2D eigenvalue weighted by molar-refractivity contribution is -0.120. The number of hydrogen-bond acceptors (Lipinski definition) is 4. The van der Waals surface area contributed by atoms with Gasteiger partial charge < -0.3 is 9.64 Å². The third-order valence-corrected chi connectivity index (χ3v) is 5.50. The molecule has 2 aromatic carbocycles. The summed E-state index contributed by atoms with van der Waals surface area (Å²) >= 11 is 6.06. The molecule has 2 heterocycles. The van der Waals surface area contributed by atoms with Gasteiger partial charge in [-0.2, -0.15) is 0 Å². The van der Waals surface area contributed by atoms with Crippen LogP contribution in [0.4, 0.5) is 5.69 Å². The third kappa shape index (κ3) is 3.06. The summed E-state index contributed by atoms with van der Waals surface area (Å²) in [5.74, 6) is 0.125. The quantitative estimate of drug-likeness (QED) is 0.732. The van der Waals surface area contributed by atoms with E-state index in [4.69, 9.17) is 16.3 Å². The van der Waals surface area contributed by atoms with Crippen molar-refractivity contribution in [2.45, 2.75) is 19.8 Å². The number of likely N-dealkylation sites (tertiary alicyclic amines) is 1. The summed E-state index contributed by atoms with van der Waals surface area (Å²) in [5, 5.41) is 0.573. The first kappa shape index (κ1) is 18.6. The number of anilines is 1. The Kier molecular flexibility index (Phi) is 4.85. The Balaban J connectivity index is 1.83. The van der Waals surface area contributed by atoms with Crippen molar-refractivity contribution < 1.29 is 14.3 Å². The van der Waals surface area contributed by atoms with Crippen LogP contribution in [0.1, 0.15) is 24.0 Å². The normalized spacial score (nSPS) is 17.1. The van der Waals surface area contributed by atoms with Crippen LogP contribution in [0.25, 0.3) is 5.57 Å². The van der Waals surface area contributed by atoms with E-state index >= 15 is 0 Å². The minimum atomic E-state index is -0.303. The summed E-state index contributed by atoms with van der Waals surface area (Å²) in [5.41, 5.74) is 3.01. The summed E-state index contributed by atoms with van der Waals surface area (Å²) in [6.07, 6.45) is 2.03. The van der Waals surface area contributed by atoms with Crippen LogP contribution in [0.15, 0.2) is 48.2 Å². The number of benzene rings is 2. The molecule has 0 saturated carbocycles. The van der Waals surface area contributed by atoms with E-state index in [1.807, 2.05) is 24.0 Å². The van der Waals surface area contributed by atoms with E-state index in [-0.39, 0.29) is 11.8 Å². The van der Waals surface area contributed by atoms with Crippen LogP contribution in [-0.2, 0) is 9.59 Å². The van der Waals surface area contributed by atoms with Gasteiger partial charge in [-0.15, -0.1) is 0 Å². The molecule has 1 fully saturated rings. The largest absolute Gasteiger partial charge is 0.497 e. The van der Waals surface area contributed by atoms with Gasteiger partial charge in [-0.3, -0.25) is 9.59 Å². The Labute approximate surface area is 169 Å². The summed E-state index contributed by atoms with van der Waals surface area (Å²) in [7, 11) is 1.60. The summed E-state index contributed by atoms with van der Waals surface area (Å²) < 4.78 is 5.22. The number of aryl methyl sites for hydroxylation is 1. The summed E-state index contributed by atoms with van der Waals surface area (Å²) in [6, 6.07) is 12.5. The smallest absolute Gasteiger partial charge is 0.282 e. The van der Waals surface area contributed by atoms with Crippen molar-refractivity contribution in [3.05, 3.63) is 64.3 Å².